The van der Waals surface area contributed by atoms with Crippen molar-refractivity contribution in [2.75, 3.05) is 18.4 Å². The number of amides is 1. The van der Waals surface area contributed by atoms with Crippen molar-refractivity contribution >= 4 is 17.5 Å². The summed E-state index contributed by atoms with van der Waals surface area (Å²) in [5, 5.41) is 3.17. The molecule has 1 aromatic heterocycles. The molecule has 2 aromatic rings. The average Bonchev–Trinajstić information content (AvgIpc) is 2.63. The second-order valence-corrected chi connectivity index (χ2v) is 6.42. The van der Waals surface area contributed by atoms with Gasteiger partial charge in [0.15, 0.2) is 0 Å². The molecule has 1 N–H and O–H groups in total. The summed E-state index contributed by atoms with van der Waals surface area (Å²) in [4.78, 5) is 23.1. The molecule has 1 aliphatic rings. The molecule has 0 aliphatic carbocycles. The number of rotatable bonds is 4. The van der Waals surface area contributed by atoms with Crippen molar-refractivity contribution in [2.45, 2.75) is 33.1 Å². The lowest BCUT2D eigenvalue weighted by atomic mass is 9.99. The van der Waals surface area contributed by atoms with Crippen molar-refractivity contribution in [1.29, 1.82) is 0 Å². The summed E-state index contributed by atoms with van der Waals surface area (Å²) in [5.41, 5.74) is 2.65. The SMILES string of the molecule is CCc1ccc(Nc2nccc(C(=O)N3CCC(C)CC3)n2)cc1. The van der Waals surface area contributed by atoms with Crippen LogP contribution < -0.4 is 5.32 Å². The van der Waals surface area contributed by atoms with Crippen LogP contribution in [0, 0.1) is 5.92 Å². The first-order chi connectivity index (χ1) is 11.7. The monoisotopic (exact) mass is 324 g/mol. The quantitative estimate of drug-likeness (QED) is 0.932. The fourth-order valence-corrected chi connectivity index (χ4v) is 2.86. The van der Waals surface area contributed by atoms with Gasteiger partial charge in [-0.15, -0.1) is 0 Å². The third kappa shape index (κ3) is 3.91. The van der Waals surface area contributed by atoms with Gasteiger partial charge in [-0.25, -0.2) is 9.97 Å². The van der Waals surface area contributed by atoms with Crippen molar-refractivity contribution in [3.05, 3.63) is 47.8 Å². The number of aryl methyl sites for hydroxylation is 1. The summed E-state index contributed by atoms with van der Waals surface area (Å²) in [6.45, 7) is 5.98. The second-order valence-electron chi connectivity index (χ2n) is 6.42. The molecule has 0 saturated carbocycles. The molecule has 1 aliphatic heterocycles. The van der Waals surface area contributed by atoms with Crippen LogP contribution in [-0.2, 0) is 6.42 Å². The normalized spacial score (nSPS) is 15.3. The Labute approximate surface area is 143 Å². The number of anilines is 2. The van der Waals surface area contributed by atoms with Crippen LogP contribution in [0.15, 0.2) is 36.5 Å². The lowest BCUT2D eigenvalue weighted by Crippen LogP contribution is -2.38. The standard InChI is InChI=1S/C19H24N4O/c1-3-15-4-6-16(7-5-15)21-19-20-11-8-17(22-19)18(24)23-12-9-14(2)10-13-23/h4-8,11,14H,3,9-10,12-13H2,1-2H3,(H,20,21,22). The summed E-state index contributed by atoms with van der Waals surface area (Å²) in [6.07, 6.45) is 4.77. The zero-order chi connectivity index (χ0) is 16.9. The van der Waals surface area contributed by atoms with Crippen LogP contribution >= 0.6 is 0 Å². The van der Waals surface area contributed by atoms with Crippen molar-refractivity contribution < 1.29 is 4.79 Å². The van der Waals surface area contributed by atoms with Gasteiger partial charge in [-0.1, -0.05) is 26.0 Å². The topological polar surface area (TPSA) is 58.1 Å². The molecule has 0 bridgehead atoms. The highest BCUT2D eigenvalue weighted by Gasteiger charge is 2.22. The summed E-state index contributed by atoms with van der Waals surface area (Å²) < 4.78 is 0. The number of hydrogen-bond donors (Lipinski definition) is 1. The maximum atomic E-state index is 12.6. The van der Waals surface area contributed by atoms with E-state index in [1.807, 2.05) is 17.0 Å². The molecule has 3 rings (SSSR count). The first kappa shape index (κ1) is 16.4. The van der Waals surface area contributed by atoms with Crippen LogP contribution in [0.2, 0.25) is 0 Å². The molecule has 1 amide bonds. The van der Waals surface area contributed by atoms with Crippen LogP contribution in [0.25, 0.3) is 0 Å². The Morgan fingerprint density at radius 2 is 1.92 bits per heavy atom. The molecule has 1 aromatic carbocycles. The molecule has 0 spiro atoms. The molecule has 0 atom stereocenters. The Morgan fingerprint density at radius 3 is 2.58 bits per heavy atom. The average molecular weight is 324 g/mol. The predicted octanol–water partition coefficient (Wildman–Crippen LogP) is 3.65. The van der Waals surface area contributed by atoms with Crippen LogP contribution in [0.3, 0.4) is 0 Å². The molecule has 2 heterocycles. The second kappa shape index (κ2) is 7.43. The molecule has 5 nitrogen and oxygen atoms in total. The maximum Gasteiger partial charge on any atom is 0.272 e. The van der Waals surface area contributed by atoms with E-state index in [0.717, 1.165) is 38.0 Å². The summed E-state index contributed by atoms with van der Waals surface area (Å²) in [6, 6.07) is 9.84. The highest BCUT2D eigenvalue weighted by Crippen LogP contribution is 2.19. The van der Waals surface area contributed by atoms with E-state index in [2.05, 4.69) is 41.3 Å². The lowest BCUT2D eigenvalue weighted by molar-refractivity contribution is 0.0691. The Morgan fingerprint density at radius 1 is 1.21 bits per heavy atom. The lowest BCUT2D eigenvalue weighted by Gasteiger charge is -2.30. The van der Waals surface area contributed by atoms with Crippen LogP contribution in [0.5, 0.6) is 0 Å². The van der Waals surface area contributed by atoms with Crippen LogP contribution in [0.4, 0.5) is 11.6 Å². The van der Waals surface area contributed by atoms with Gasteiger partial charge in [-0.2, -0.15) is 0 Å². The minimum atomic E-state index is -0.00585. The summed E-state index contributed by atoms with van der Waals surface area (Å²) >= 11 is 0. The fourth-order valence-electron chi connectivity index (χ4n) is 2.86. The van der Waals surface area contributed by atoms with Gasteiger partial charge < -0.3 is 10.2 Å². The van der Waals surface area contributed by atoms with Crippen molar-refractivity contribution in [1.82, 2.24) is 14.9 Å². The fraction of sp³-hybridized carbons (Fsp3) is 0.421. The third-order valence-corrected chi connectivity index (χ3v) is 4.56. The van der Waals surface area contributed by atoms with Gasteiger partial charge in [-0.05, 0) is 48.9 Å². The van der Waals surface area contributed by atoms with Crippen molar-refractivity contribution in [2.24, 2.45) is 5.92 Å². The Balaban J connectivity index is 1.70. The zero-order valence-corrected chi connectivity index (χ0v) is 14.3. The van der Waals surface area contributed by atoms with Gasteiger partial charge in [0.05, 0.1) is 0 Å². The highest BCUT2D eigenvalue weighted by atomic mass is 16.2. The van der Waals surface area contributed by atoms with Crippen molar-refractivity contribution in [3.8, 4) is 0 Å². The van der Waals surface area contributed by atoms with Crippen molar-refractivity contribution in [3.63, 3.8) is 0 Å². The number of nitrogens with one attached hydrogen (secondary N) is 1. The van der Waals surface area contributed by atoms with Crippen LogP contribution in [0.1, 0.15) is 42.7 Å². The number of benzene rings is 1. The smallest absolute Gasteiger partial charge is 0.272 e. The minimum absolute atomic E-state index is 0.00585. The molecular weight excluding hydrogens is 300 g/mol. The molecule has 0 unspecified atom stereocenters. The number of carbonyl (C=O) groups is 1. The van der Waals surface area contributed by atoms with E-state index in [9.17, 15) is 4.79 Å². The van der Waals surface area contributed by atoms with Gasteiger partial charge in [-0.3, -0.25) is 4.79 Å². The van der Waals surface area contributed by atoms with Gasteiger partial charge >= 0.3 is 0 Å². The zero-order valence-electron chi connectivity index (χ0n) is 14.3. The maximum absolute atomic E-state index is 12.6. The van der Waals surface area contributed by atoms with Gasteiger partial charge in [0, 0.05) is 25.0 Å². The van der Waals surface area contributed by atoms with Gasteiger partial charge in [0.25, 0.3) is 5.91 Å². The Kier molecular flexibility index (Phi) is 5.08. The number of aromatic nitrogens is 2. The Hall–Kier alpha value is -2.43. The first-order valence-corrected chi connectivity index (χ1v) is 8.64. The largest absolute Gasteiger partial charge is 0.337 e. The number of hydrogen-bond acceptors (Lipinski definition) is 4. The van der Waals surface area contributed by atoms with E-state index < -0.39 is 0 Å². The number of nitrogens with zero attached hydrogens (tertiary/aromatic N) is 3. The molecule has 0 radical (unpaired) electrons. The first-order valence-electron chi connectivity index (χ1n) is 8.64. The number of piperidine rings is 1. The van der Waals surface area contributed by atoms with E-state index in [0.29, 0.717) is 17.6 Å². The molecule has 126 valence electrons. The third-order valence-electron chi connectivity index (χ3n) is 4.56. The molecule has 1 fully saturated rings. The van der Waals surface area contributed by atoms with E-state index in [4.69, 9.17) is 0 Å². The van der Waals surface area contributed by atoms with E-state index in [1.54, 1.807) is 12.3 Å². The predicted molar refractivity (Wildman–Crippen MR) is 95.4 cm³/mol. The van der Waals surface area contributed by atoms with E-state index >= 15 is 0 Å². The number of carbonyl (C=O) groups excluding carboxylic acids is 1. The molecule has 5 heteroatoms. The van der Waals surface area contributed by atoms with E-state index in [1.165, 1.54) is 5.56 Å². The van der Waals surface area contributed by atoms with Gasteiger partial charge in [0.1, 0.15) is 5.69 Å². The molecule has 24 heavy (non-hydrogen) atoms. The minimum Gasteiger partial charge on any atom is -0.337 e. The molecule has 1 saturated heterocycles. The Bertz CT molecular complexity index is 691. The highest BCUT2D eigenvalue weighted by molar-refractivity contribution is 5.92. The van der Waals surface area contributed by atoms with E-state index in [-0.39, 0.29) is 5.91 Å². The number of likely N-dealkylation sites (tertiary alicyclic amines) is 1. The molecular formula is C19H24N4O. The summed E-state index contributed by atoms with van der Waals surface area (Å²) in [5.74, 6) is 1.15. The van der Waals surface area contributed by atoms with Gasteiger partial charge in [0.2, 0.25) is 5.95 Å². The summed E-state index contributed by atoms with van der Waals surface area (Å²) in [7, 11) is 0. The van der Waals surface area contributed by atoms with Crippen LogP contribution in [-0.4, -0.2) is 33.9 Å².